The first-order valence-corrected chi connectivity index (χ1v) is 11.3. The second-order valence-electron chi connectivity index (χ2n) is 7.09. The Hall–Kier alpha value is -3.29. The molecule has 0 fully saturated rings. The van der Waals surface area contributed by atoms with Gasteiger partial charge in [0, 0.05) is 6.54 Å². The SMILES string of the molecule is C=CCOc1ccc(C2Nc3ccccc3S(=O)(=O)N2Cc2ccccc2)cc1OC. The zero-order chi connectivity index (χ0) is 21.8. The monoisotopic (exact) mass is 436 g/mol. The molecular formula is C24H24N2O4S. The third-order valence-electron chi connectivity index (χ3n) is 5.10. The summed E-state index contributed by atoms with van der Waals surface area (Å²) in [5.41, 5.74) is 2.22. The van der Waals surface area contributed by atoms with E-state index >= 15 is 0 Å². The van der Waals surface area contributed by atoms with E-state index in [-0.39, 0.29) is 11.4 Å². The van der Waals surface area contributed by atoms with Gasteiger partial charge >= 0.3 is 0 Å². The second-order valence-corrected chi connectivity index (χ2v) is 8.95. The summed E-state index contributed by atoms with van der Waals surface area (Å²) in [5, 5.41) is 3.39. The highest BCUT2D eigenvalue weighted by molar-refractivity contribution is 7.89. The van der Waals surface area contributed by atoms with Gasteiger partial charge in [-0.2, -0.15) is 4.31 Å². The van der Waals surface area contributed by atoms with Crippen molar-refractivity contribution in [3.8, 4) is 11.5 Å². The van der Waals surface area contributed by atoms with E-state index in [1.807, 2.05) is 42.5 Å². The van der Waals surface area contributed by atoms with Gasteiger partial charge in [0.15, 0.2) is 11.5 Å². The van der Waals surface area contributed by atoms with Crippen LogP contribution in [0.25, 0.3) is 0 Å². The number of ether oxygens (including phenoxy) is 2. The summed E-state index contributed by atoms with van der Waals surface area (Å²) in [6, 6.07) is 21.9. The van der Waals surface area contributed by atoms with E-state index in [2.05, 4.69) is 11.9 Å². The highest BCUT2D eigenvalue weighted by Gasteiger charge is 2.39. The average molecular weight is 437 g/mol. The zero-order valence-corrected chi connectivity index (χ0v) is 18.0. The summed E-state index contributed by atoms with van der Waals surface area (Å²) in [6.07, 6.45) is 1.05. The third kappa shape index (κ3) is 4.15. The fourth-order valence-electron chi connectivity index (χ4n) is 3.61. The van der Waals surface area contributed by atoms with Gasteiger partial charge < -0.3 is 14.8 Å². The van der Waals surface area contributed by atoms with Gasteiger partial charge in [-0.25, -0.2) is 8.42 Å². The Morgan fingerprint density at radius 1 is 1.03 bits per heavy atom. The van der Waals surface area contributed by atoms with Crippen LogP contribution in [0.2, 0.25) is 0 Å². The lowest BCUT2D eigenvalue weighted by Crippen LogP contribution is -2.42. The van der Waals surface area contributed by atoms with Crippen molar-refractivity contribution in [2.75, 3.05) is 19.0 Å². The van der Waals surface area contributed by atoms with Crippen molar-refractivity contribution >= 4 is 15.7 Å². The number of hydrogen-bond acceptors (Lipinski definition) is 5. The first kappa shape index (κ1) is 21.0. The smallest absolute Gasteiger partial charge is 0.247 e. The standard InChI is InChI=1S/C24H24N2O4S/c1-3-15-30-21-14-13-19(16-22(21)29-2)24-25-20-11-7-8-12-23(20)31(27,28)26(24)17-18-9-5-4-6-10-18/h3-14,16,24-25H,1,15,17H2,2H3. The third-order valence-corrected chi connectivity index (χ3v) is 6.96. The predicted octanol–water partition coefficient (Wildman–Crippen LogP) is 4.58. The Bertz CT molecular complexity index is 1180. The molecule has 1 atom stereocenters. The normalized spacial score (nSPS) is 17.3. The first-order valence-electron chi connectivity index (χ1n) is 9.87. The van der Waals surface area contributed by atoms with E-state index in [1.54, 1.807) is 43.5 Å². The fraction of sp³-hybridized carbons (Fsp3) is 0.167. The van der Waals surface area contributed by atoms with Crippen LogP contribution in [0.4, 0.5) is 5.69 Å². The van der Waals surface area contributed by atoms with Crippen molar-refractivity contribution in [2.24, 2.45) is 0 Å². The summed E-state index contributed by atoms with van der Waals surface area (Å²) >= 11 is 0. The largest absolute Gasteiger partial charge is 0.493 e. The molecule has 1 N–H and O–H groups in total. The summed E-state index contributed by atoms with van der Waals surface area (Å²) in [4.78, 5) is 0.264. The van der Waals surface area contributed by atoms with E-state index in [9.17, 15) is 8.42 Å². The molecule has 0 aromatic heterocycles. The average Bonchev–Trinajstić information content (AvgIpc) is 2.80. The predicted molar refractivity (Wildman–Crippen MR) is 121 cm³/mol. The van der Waals surface area contributed by atoms with Crippen LogP contribution in [-0.2, 0) is 16.6 Å². The van der Waals surface area contributed by atoms with E-state index in [1.165, 1.54) is 4.31 Å². The molecule has 6 nitrogen and oxygen atoms in total. The number of hydrogen-bond donors (Lipinski definition) is 1. The quantitative estimate of drug-likeness (QED) is 0.550. The highest BCUT2D eigenvalue weighted by atomic mass is 32.2. The summed E-state index contributed by atoms with van der Waals surface area (Å²) in [5.74, 6) is 1.09. The summed E-state index contributed by atoms with van der Waals surface area (Å²) < 4.78 is 39.8. The van der Waals surface area contributed by atoms with Crippen molar-refractivity contribution in [2.45, 2.75) is 17.6 Å². The van der Waals surface area contributed by atoms with Crippen LogP contribution in [0, 0.1) is 0 Å². The van der Waals surface area contributed by atoms with E-state index in [4.69, 9.17) is 9.47 Å². The summed E-state index contributed by atoms with van der Waals surface area (Å²) in [7, 11) is -2.18. The molecular weight excluding hydrogens is 412 g/mol. The zero-order valence-electron chi connectivity index (χ0n) is 17.2. The fourth-order valence-corrected chi connectivity index (χ4v) is 5.29. The van der Waals surface area contributed by atoms with Crippen LogP contribution in [0.5, 0.6) is 11.5 Å². The molecule has 7 heteroatoms. The van der Waals surface area contributed by atoms with Crippen LogP contribution in [0.15, 0.2) is 90.3 Å². The van der Waals surface area contributed by atoms with Crippen molar-refractivity contribution in [1.82, 2.24) is 4.31 Å². The molecule has 0 bridgehead atoms. The van der Waals surface area contributed by atoms with Gasteiger partial charge in [0.1, 0.15) is 17.7 Å². The first-order chi connectivity index (χ1) is 15.0. The number of rotatable bonds is 7. The van der Waals surface area contributed by atoms with Crippen LogP contribution in [0.3, 0.4) is 0 Å². The number of para-hydroxylation sites is 1. The Balaban J connectivity index is 1.79. The van der Waals surface area contributed by atoms with Crippen LogP contribution < -0.4 is 14.8 Å². The molecule has 1 aliphatic rings. The van der Waals surface area contributed by atoms with Gasteiger partial charge in [-0.15, -0.1) is 0 Å². The van der Waals surface area contributed by atoms with Gasteiger partial charge in [-0.1, -0.05) is 61.2 Å². The molecule has 0 amide bonds. The Morgan fingerprint density at radius 3 is 2.52 bits per heavy atom. The van der Waals surface area contributed by atoms with Crippen LogP contribution in [-0.4, -0.2) is 26.4 Å². The maximum atomic E-state index is 13.6. The molecule has 0 spiro atoms. The highest BCUT2D eigenvalue weighted by Crippen LogP contribution is 2.41. The van der Waals surface area contributed by atoms with Gasteiger partial charge in [0.05, 0.1) is 12.8 Å². The number of nitrogens with zero attached hydrogens (tertiary/aromatic N) is 1. The molecule has 0 saturated carbocycles. The minimum atomic E-state index is -3.74. The lowest BCUT2D eigenvalue weighted by molar-refractivity contribution is 0.320. The molecule has 1 unspecified atom stereocenters. The van der Waals surface area contributed by atoms with Gasteiger partial charge in [0.25, 0.3) is 0 Å². The number of sulfonamides is 1. The lowest BCUT2D eigenvalue weighted by atomic mass is 10.1. The number of fused-ring (bicyclic) bond motifs is 1. The molecule has 0 radical (unpaired) electrons. The molecule has 3 aromatic carbocycles. The molecule has 1 heterocycles. The lowest BCUT2D eigenvalue weighted by Gasteiger charge is -2.37. The van der Waals surface area contributed by atoms with E-state index in [0.29, 0.717) is 23.8 Å². The molecule has 0 saturated heterocycles. The van der Waals surface area contributed by atoms with E-state index in [0.717, 1.165) is 11.1 Å². The van der Waals surface area contributed by atoms with Gasteiger partial charge in [0.2, 0.25) is 10.0 Å². The Labute approximate surface area is 182 Å². The Morgan fingerprint density at radius 2 is 1.77 bits per heavy atom. The van der Waals surface area contributed by atoms with Crippen molar-refractivity contribution in [3.05, 3.63) is 96.6 Å². The van der Waals surface area contributed by atoms with Crippen molar-refractivity contribution < 1.29 is 17.9 Å². The minimum absolute atomic E-state index is 0.228. The Kier molecular flexibility index (Phi) is 5.97. The molecule has 0 aliphatic carbocycles. The number of methoxy groups -OCH3 is 1. The minimum Gasteiger partial charge on any atom is -0.493 e. The van der Waals surface area contributed by atoms with Gasteiger partial charge in [-0.3, -0.25) is 0 Å². The number of anilines is 1. The maximum absolute atomic E-state index is 13.6. The molecule has 31 heavy (non-hydrogen) atoms. The molecule has 3 aromatic rings. The van der Waals surface area contributed by atoms with Crippen LogP contribution in [0.1, 0.15) is 17.3 Å². The van der Waals surface area contributed by atoms with Crippen molar-refractivity contribution in [3.63, 3.8) is 0 Å². The van der Waals surface area contributed by atoms with Gasteiger partial charge in [-0.05, 0) is 35.4 Å². The number of benzene rings is 3. The van der Waals surface area contributed by atoms with E-state index < -0.39 is 16.2 Å². The number of nitrogens with one attached hydrogen (secondary N) is 1. The van der Waals surface area contributed by atoms with Crippen molar-refractivity contribution in [1.29, 1.82) is 0 Å². The molecule has 160 valence electrons. The topological polar surface area (TPSA) is 67.9 Å². The maximum Gasteiger partial charge on any atom is 0.247 e. The molecule has 1 aliphatic heterocycles. The summed E-state index contributed by atoms with van der Waals surface area (Å²) in [6.45, 7) is 4.24. The second kappa shape index (κ2) is 8.83. The molecule has 4 rings (SSSR count). The van der Waals surface area contributed by atoms with Crippen LogP contribution >= 0.6 is 0 Å².